The smallest absolute Gasteiger partial charge is 0.263 e. The van der Waals surface area contributed by atoms with Crippen molar-refractivity contribution in [3.8, 4) is 5.75 Å². The number of hydrogen-bond donors (Lipinski definition) is 1. The summed E-state index contributed by atoms with van der Waals surface area (Å²) in [5, 5.41) is 8.35. The first-order chi connectivity index (χ1) is 12.6. The molecule has 0 aliphatic carbocycles. The number of aromatic nitrogens is 2. The van der Waals surface area contributed by atoms with Gasteiger partial charge >= 0.3 is 0 Å². The van der Waals surface area contributed by atoms with Gasteiger partial charge in [0.1, 0.15) is 23.0 Å². The minimum Gasteiger partial charge on any atom is -0.484 e. The Kier molecular flexibility index (Phi) is 5.10. The predicted molar refractivity (Wildman–Crippen MR) is 101 cm³/mol. The topological polar surface area (TPSA) is 111 Å². The average Bonchev–Trinajstić information content (AvgIpc) is 2.99. The maximum absolute atomic E-state index is 12.7. The van der Waals surface area contributed by atoms with E-state index >= 15 is 0 Å². The second-order valence-corrected chi connectivity index (χ2v) is 9.38. The standard InChI is InChI=1S/C16H20N4O5S2/c1-10(21)20-9-16(2,3)25-13-6-5-11(7-12(13)20)27(22,23)19-15-18-17-14(26-15)8-24-4/h5-7H,8-9H2,1-4H3,(H,18,19). The molecule has 2 heterocycles. The van der Waals surface area contributed by atoms with Crippen molar-refractivity contribution in [3.63, 3.8) is 0 Å². The van der Waals surface area contributed by atoms with Crippen LogP contribution in [0.15, 0.2) is 23.1 Å². The molecule has 1 N–H and O–H groups in total. The Morgan fingerprint density at radius 2 is 2.15 bits per heavy atom. The van der Waals surface area contributed by atoms with Crippen LogP contribution in [0.4, 0.5) is 10.8 Å². The SMILES string of the molecule is COCc1nnc(NS(=O)(=O)c2ccc3c(c2)N(C(C)=O)CC(C)(C)O3)s1. The van der Waals surface area contributed by atoms with Crippen LogP contribution in [0.2, 0.25) is 0 Å². The number of carbonyl (C=O) groups excluding carboxylic acids is 1. The molecule has 27 heavy (non-hydrogen) atoms. The van der Waals surface area contributed by atoms with Gasteiger partial charge in [0.2, 0.25) is 11.0 Å². The molecule has 0 saturated carbocycles. The highest BCUT2D eigenvalue weighted by Gasteiger charge is 2.34. The molecule has 1 amide bonds. The largest absolute Gasteiger partial charge is 0.484 e. The maximum atomic E-state index is 12.7. The number of amides is 1. The van der Waals surface area contributed by atoms with E-state index in [9.17, 15) is 13.2 Å². The molecule has 0 saturated heterocycles. The number of rotatable bonds is 5. The lowest BCUT2D eigenvalue weighted by Gasteiger charge is -2.39. The first-order valence-corrected chi connectivity index (χ1v) is 10.4. The summed E-state index contributed by atoms with van der Waals surface area (Å²) < 4.78 is 38.6. The van der Waals surface area contributed by atoms with Crippen LogP contribution in [-0.2, 0) is 26.2 Å². The zero-order valence-electron chi connectivity index (χ0n) is 15.3. The minimum atomic E-state index is -3.90. The van der Waals surface area contributed by atoms with Crippen molar-refractivity contribution < 1.29 is 22.7 Å². The van der Waals surface area contributed by atoms with Crippen molar-refractivity contribution in [3.05, 3.63) is 23.2 Å². The van der Waals surface area contributed by atoms with E-state index in [1.165, 1.54) is 31.1 Å². The monoisotopic (exact) mass is 412 g/mol. The Labute approximate surface area is 161 Å². The first kappa shape index (κ1) is 19.5. The molecule has 11 heteroatoms. The number of sulfonamides is 1. The number of carbonyl (C=O) groups is 1. The fourth-order valence-electron chi connectivity index (χ4n) is 2.69. The molecule has 0 unspecified atom stereocenters. The van der Waals surface area contributed by atoms with E-state index in [2.05, 4.69) is 14.9 Å². The number of methoxy groups -OCH3 is 1. The summed E-state index contributed by atoms with van der Waals surface area (Å²) in [5.74, 6) is 0.266. The summed E-state index contributed by atoms with van der Waals surface area (Å²) in [6.45, 7) is 5.74. The number of nitrogens with zero attached hydrogens (tertiary/aromatic N) is 3. The van der Waals surface area contributed by atoms with E-state index in [-0.39, 0.29) is 22.5 Å². The molecule has 3 rings (SSSR count). The molecule has 0 spiro atoms. The molecule has 146 valence electrons. The van der Waals surface area contributed by atoms with Gasteiger partial charge in [0.15, 0.2) is 0 Å². The molecule has 0 bridgehead atoms. The third-order valence-electron chi connectivity index (χ3n) is 3.79. The number of fused-ring (bicyclic) bond motifs is 1. The number of hydrogen-bond acceptors (Lipinski definition) is 8. The summed E-state index contributed by atoms with van der Waals surface area (Å²) in [7, 11) is -2.39. The summed E-state index contributed by atoms with van der Waals surface area (Å²) in [4.78, 5) is 13.6. The van der Waals surface area contributed by atoms with E-state index in [1.807, 2.05) is 13.8 Å². The van der Waals surface area contributed by atoms with Crippen LogP contribution >= 0.6 is 11.3 Å². The van der Waals surface area contributed by atoms with Gasteiger partial charge in [0, 0.05) is 14.0 Å². The summed E-state index contributed by atoms with van der Waals surface area (Å²) in [6, 6.07) is 4.40. The van der Waals surface area contributed by atoms with E-state index in [4.69, 9.17) is 9.47 Å². The van der Waals surface area contributed by atoms with Crippen molar-refractivity contribution in [2.45, 2.75) is 37.9 Å². The molecule has 1 aromatic heterocycles. The van der Waals surface area contributed by atoms with Crippen LogP contribution in [0, 0.1) is 0 Å². The van der Waals surface area contributed by atoms with E-state index in [0.717, 1.165) is 11.3 Å². The van der Waals surface area contributed by atoms with Gasteiger partial charge in [-0.2, -0.15) is 0 Å². The van der Waals surface area contributed by atoms with Crippen LogP contribution in [0.1, 0.15) is 25.8 Å². The molecule has 2 aromatic rings. The van der Waals surface area contributed by atoms with Crippen molar-refractivity contribution in [1.82, 2.24) is 10.2 Å². The van der Waals surface area contributed by atoms with E-state index < -0.39 is 15.6 Å². The normalized spacial score (nSPS) is 15.8. The van der Waals surface area contributed by atoms with E-state index in [0.29, 0.717) is 23.0 Å². The van der Waals surface area contributed by atoms with Gasteiger partial charge in [-0.1, -0.05) is 11.3 Å². The zero-order valence-corrected chi connectivity index (χ0v) is 17.0. The molecule has 0 atom stereocenters. The maximum Gasteiger partial charge on any atom is 0.263 e. The van der Waals surface area contributed by atoms with Crippen LogP contribution in [-0.4, -0.2) is 43.8 Å². The highest BCUT2D eigenvalue weighted by atomic mass is 32.2. The van der Waals surface area contributed by atoms with Crippen molar-refractivity contribution >= 4 is 38.1 Å². The fourth-order valence-corrected chi connectivity index (χ4v) is 4.65. The Balaban J connectivity index is 1.93. The first-order valence-electron chi connectivity index (χ1n) is 8.06. The second-order valence-electron chi connectivity index (χ2n) is 6.64. The van der Waals surface area contributed by atoms with E-state index in [1.54, 1.807) is 6.07 Å². The number of nitrogens with one attached hydrogen (secondary N) is 1. The van der Waals surface area contributed by atoms with Crippen molar-refractivity contribution in [2.75, 3.05) is 23.3 Å². The van der Waals surface area contributed by atoms with Gasteiger partial charge < -0.3 is 14.4 Å². The molecule has 1 aliphatic rings. The molecular formula is C16H20N4O5S2. The summed E-state index contributed by atoms with van der Waals surface area (Å²) in [6.07, 6.45) is 0. The third-order valence-corrected chi connectivity index (χ3v) is 6.07. The Hall–Kier alpha value is -2.24. The molecule has 0 radical (unpaired) electrons. The fraction of sp³-hybridized carbons (Fsp3) is 0.438. The lowest BCUT2D eigenvalue weighted by molar-refractivity contribution is -0.117. The average molecular weight is 412 g/mol. The summed E-state index contributed by atoms with van der Waals surface area (Å²) >= 11 is 1.09. The number of ether oxygens (including phenoxy) is 2. The number of anilines is 2. The highest BCUT2D eigenvalue weighted by Crippen LogP contribution is 2.38. The third kappa shape index (κ3) is 4.20. The van der Waals surface area contributed by atoms with Gasteiger partial charge in [0.05, 0.1) is 17.1 Å². The Morgan fingerprint density at radius 3 is 2.81 bits per heavy atom. The quantitative estimate of drug-likeness (QED) is 0.800. The zero-order chi connectivity index (χ0) is 19.8. The van der Waals surface area contributed by atoms with Crippen molar-refractivity contribution in [1.29, 1.82) is 0 Å². The van der Waals surface area contributed by atoms with Crippen LogP contribution in [0.25, 0.3) is 0 Å². The van der Waals surface area contributed by atoms with Crippen LogP contribution in [0.5, 0.6) is 5.75 Å². The molecule has 9 nitrogen and oxygen atoms in total. The van der Waals surface area contributed by atoms with Crippen LogP contribution < -0.4 is 14.4 Å². The van der Waals surface area contributed by atoms with Gasteiger partial charge in [-0.3, -0.25) is 9.52 Å². The van der Waals surface area contributed by atoms with Gasteiger partial charge in [-0.25, -0.2) is 8.42 Å². The number of benzene rings is 1. The van der Waals surface area contributed by atoms with Gasteiger partial charge in [0.25, 0.3) is 10.0 Å². The van der Waals surface area contributed by atoms with Gasteiger partial charge in [-0.15, -0.1) is 10.2 Å². The van der Waals surface area contributed by atoms with Crippen LogP contribution in [0.3, 0.4) is 0 Å². The summed E-state index contributed by atoms with van der Waals surface area (Å²) in [5.41, 5.74) is -0.149. The molecule has 0 fully saturated rings. The lowest BCUT2D eigenvalue weighted by Crippen LogP contribution is -2.48. The lowest BCUT2D eigenvalue weighted by atomic mass is 10.1. The minimum absolute atomic E-state index is 0.000650. The molecule has 1 aliphatic heterocycles. The Bertz CT molecular complexity index is 971. The van der Waals surface area contributed by atoms with Crippen molar-refractivity contribution in [2.24, 2.45) is 0 Å². The molecule has 1 aromatic carbocycles. The molecular weight excluding hydrogens is 392 g/mol. The Morgan fingerprint density at radius 1 is 1.41 bits per heavy atom. The van der Waals surface area contributed by atoms with Gasteiger partial charge in [-0.05, 0) is 32.0 Å². The second kappa shape index (κ2) is 7.06. The predicted octanol–water partition coefficient (Wildman–Crippen LogP) is 2.01. The highest BCUT2D eigenvalue weighted by molar-refractivity contribution is 7.93.